The highest BCUT2D eigenvalue weighted by atomic mass is 35.5. The van der Waals surface area contributed by atoms with Crippen LogP contribution in [0.2, 0.25) is 5.15 Å². The third-order valence-electron chi connectivity index (χ3n) is 1.71. The number of halogens is 1. The molecular weight excluding hydrogens is 234 g/mol. The van der Waals surface area contributed by atoms with E-state index in [-0.39, 0.29) is 29.8 Å². The number of hydrogen-bond donors (Lipinski definition) is 1. The second kappa shape index (κ2) is 6.02. The molecule has 1 amide bonds. The quantitative estimate of drug-likeness (QED) is 0.776. The van der Waals surface area contributed by atoms with Crippen LogP contribution >= 0.6 is 11.6 Å². The van der Waals surface area contributed by atoms with Crippen LogP contribution in [0.25, 0.3) is 0 Å². The summed E-state index contributed by atoms with van der Waals surface area (Å²) in [6.07, 6.45) is 0.114. The normalized spacial score (nSPS) is 9.62. The molecule has 0 spiro atoms. The highest BCUT2D eigenvalue weighted by Crippen LogP contribution is 2.01. The Hall–Kier alpha value is -1.69. The average molecular weight is 244 g/mol. The number of amides is 1. The summed E-state index contributed by atoms with van der Waals surface area (Å²) in [5.74, 6) is -0.796. The highest BCUT2D eigenvalue weighted by molar-refractivity contribution is 6.29. The lowest BCUT2D eigenvalue weighted by Crippen LogP contribution is -2.27. The molecular formula is C9H10ClN3O3. The number of hydrogen-bond acceptors (Lipinski definition) is 5. The topological polar surface area (TPSA) is 81.2 Å². The monoisotopic (exact) mass is 243 g/mol. The van der Waals surface area contributed by atoms with Gasteiger partial charge >= 0.3 is 5.97 Å². The number of esters is 1. The Balaban J connectivity index is 2.41. The van der Waals surface area contributed by atoms with Crippen molar-refractivity contribution in [3.8, 4) is 0 Å². The molecule has 0 unspecified atom stereocenters. The number of methoxy groups -OCH3 is 1. The van der Waals surface area contributed by atoms with Crippen LogP contribution in [0.5, 0.6) is 0 Å². The molecule has 0 atom stereocenters. The van der Waals surface area contributed by atoms with Gasteiger partial charge in [0.2, 0.25) is 0 Å². The van der Waals surface area contributed by atoms with E-state index in [0.717, 1.165) is 0 Å². The standard InChI is InChI=1S/C9H10ClN3O3/c1-16-8(14)4-5-11-9(15)6-2-3-7(10)13-12-6/h2-3H,4-5H2,1H3,(H,11,15). The Bertz CT molecular complexity index is 380. The number of nitrogens with zero attached hydrogens (tertiary/aromatic N) is 2. The number of aromatic nitrogens is 2. The van der Waals surface area contributed by atoms with Crippen molar-refractivity contribution in [2.24, 2.45) is 0 Å². The Labute approximate surface area is 97.0 Å². The molecule has 1 N–H and O–H groups in total. The number of nitrogens with one attached hydrogen (secondary N) is 1. The van der Waals surface area contributed by atoms with E-state index in [0.29, 0.717) is 0 Å². The molecule has 0 aliphatic heterocycles. The number of carbonyl (C=O) groups is 2. The van der Waals surface area contributed by atoms with Crippen molar-refractivity contribution in [3.63, 3.8) is 0 Å². The second-order valence-electron chi connectivity index (χ2n) is 2.82. The molecule has 0 aromatic carbocycles. The van der Waals surface area contributed by atoms with Gasteiger partial charge in [0.15, 0.2) is 10.8 Å². The van der Waals surface area contributed by atoms with Gasteiger partial charge in [-0.2, -0.15) is 0 Å². The second-order valence-corrected chi connectivity index (χ2v) is 3.21. The fraction of sp³-hybridized carbons (Fsp3) is 0.333. The van der Waals surface area contributed by atoms with E-state index in [2.05, 4.69) is 20.3 Å². The minimum atomic E-state index is -0.409. The van der Waals surface area contributed by atoms with Crippen LogP contribution in [0.4, 0.5) is 0 Å². The summed E-state index contributed by atoms with van der Waals surface area (Å²) in [4.78, 5) is 22.2. The van der Waals surface area contributed by atoms with Crippen molar-refractivity contribution in [1.29, 1.82) is 0 Å². The van der Waals surface area contributed by atoms with E-state index in [4.69, 9.17) is 11.6 Å². The summed E-state index contributed by atoms with van der Waals surface area (Å²) in [7, 11) is 1.29. The predicted molar refractivity (Wildman–Crippen MR) is 56.0 cm³/mol. The lowest BCUT2D eigenvalue weighted by molar-refractivity contribution is -0.140. The van der Waals surface area contributed by atoms with Gasteiger partial charge < -0.3 is 10.1 Å². The van der Waals surface area contributed by atoms with Gasteiger partial charge in [0.1, 0.15) is 0 Å². The smallest absolute Gasteiger partial charge is 0.307 e. The summed E-state index contributed by atoms with van der Waals surface area (Å²) >= 11 is 5.51. The first-order chi connectivity index (χ1) is 7.63. The van der Waals surface area contributed by atoms with Crippen molar-refractivity contribution >= 4 is 23.5 Å². The van der Waals surface area contributed by atoms with Crippen molar-refractivity contribution in [2.75, 3.05) is 13.7 Å². The van der Waals surface area contributed by atoms with Crippen LogP contribution in [0, 0.1) is 0 Å². The van der Waals surface area contributed by atoms with Gasteiger partial charge in [0, 0.05) is 6.54 Å². The average Bonchev–Trinajstić information content (AvgIpc) is 2.29. The summed E-state index contributed by atoms with van der Waals surface area (Å²) in [5.41, 5.74) is 0.147. The minimum Gasteiger partial charge on any atom is -0.469 e. The van der Waals surface area contributed by atoms with E-state index in [1.54, 1.807) is 0 Å². The van der Waals surface area contributed by atoms with Crippen molar-refractivity contribution in [3.05, 3.63) is 23.0 Å². The van der Waals surface area contributed by atoms with Gasteiger partial charge in [-0.25, -0.2) is 0 Å². The Morgan fingerprint density at radius 3 is 2.75 bits per heavy atom. The lowest BCUT2D eigenvalue weighted by Gasteiger charge is -2.02. The van der Waals surface area contributed by atoms with Crippen molar-refractivity contribution < 1.29 is 14.3 Å². The molecule has 1 heterocycles. The van der Waals surface area contributed by atoms with Crippen LogP contribution in [0.3, 0.4) is 0 Å². The van der Waals surface area contributed by atoms with Gasteiger partial charge in [-0.1, -0.05) is 11.6 Å². The molecule has 1 rings (SSSR count). The minimum absolute atomic E-state index is 0.114. The summed E-state index contributed by atoms with van der Waals surface area (Å²) < 4.78 is 4.42. The first-order valence-corrected chi connectivity index (χ1v) is 4.85. The van der Waals surface area contributed by atoms with Gasteiger partial charge in [-0.15, -0.1) is 10.2 Å². The first kappa shape index (κ1) is 12.4. The molecule has 0 aliphatic rings. The molecule has 0 aliphatic carbocycles. The van der Waals surface area contributed by atoms with Crippen LogP contribution in [-0.2, 0) is 9.53 Å². The third-order valence-corrected chi connectivity index (χ3v) is 1.91. The van der Waals surface area contributed by atoms with Crippen LogP contribution in [0.1, 0.15) is 16.9 Å². The molecule has 0 fully saturated rings. The van der Waals surface area contributed by atoms with Crippen LogP contribution in [0.15, 0.2) is 12.1 Å². The Kier molecular flexibility index (Phi) is 4.65. The van der Waals surface area contributed by atoms with Crippen LogP contribution in [-0.4, -0.2) is 35.7 Å². The highest BCUT2D eigenvalue weighted by Gasteiger charge is 2.08. The molecule has 6 nitrogen and oxygen atoms in total. The van der Waals surface area contributed by atoms with Crippen molar-refractivity contribution in [1.82, 2.24) is 15.5 Å². The van der Waals surface area contributed by atoms with E-state index in [1.807, 2.05) is 0 Å². The maximum absolute atomic E-state index is 11.4. The number of rotatable bonds is 4. The van der Waals surface area contributed by atoms with E-state index >= 15 is 0 Å². The molecule has 1 aromatic rings. The van der Waals surface area contributed by atoms with Crippen LogP contribution < -0.4 is 5.32 Å². The summed E-state index contributed by atoms with van der Waals surface area (Å²) in [6.45, 7) is 0.190. The Morgan fingerprint density at radius 2 is 2.19 bits per heavy atom. The number of carbonyl (C=O) groups excluding carboxylic acids is 2. The largest absolute Gasteiger partial charge is 0.469 e. The summed E-state index contributed by atoms with van der Waals surface area (Å²) in [6, 6.07) is 2.91. The SMILES string of the molecule is COC(=O)CCNC(=O)c1ccc(Cl)nn1. The lowest BCUT2D eigenvalue weighted by atomic mass is 10.3. The molecule has 0 bridgehead atoms. The molecule has 0 saturated heterocycles. The number of ether oxygens (including phenoxy) is 1. The fourth-order valence-corrected chi connectivity index (χ4v) is 1.01. The zero-order valence-electron chi connectivity index (χ0n) is 8.57. The van der Waals surface area contributed by atoms with Gasteiger partial charge in [-0.05, 0) is 12.1 Å². The molecule has 86 valence electrons. The molecule has 7 heteroatoms. The molecule has 1 aromatic heterocycles. The van der Waals surface area contributed by atoms with E-state index < -0.39 is 5.91 Å². The van der Waals surface area contributed by atoms with Gasteiger partial charge in [0.05, 0.1) is 13.5 Å². The van der Waals surface area contributed by atoms with Crippen molar-refractivity contribution in [2.45, 2.75) is 6.42 Å². The fourth-order valence-electron chi connectivity index (χ4n) is 0.908. The van der Waals surface area contributed by atoms with Gasteiger partial charge in [0.25, 0.3) is 5.91 Å². The third kappa shape index (κ3) is 3.82. The summed E-state index contributed by atoms with van der Waals surface area (Å²) in [5, 5.41) is 9.82. The maximum atomic E-state index is 11.4. The molecule has 0 radical (unpaired) electrons. The zero-order valence-corrected chi connectivity index (χ0v) is 9.32. The molecule has 0 saturated carbocycles. The zero-order chi connectivity index (χ0) is 12.0. The Morgan fingerprint density at radius 1 is 1.44 bits per heavy atom. The van der Waals surface area contributed by atoms with E-state index in [1.165, 1.54) is 19.2 Å². The van der Waals surface area contributed by atoms with Gasteiger partial charge in [-0.3, -0.25) is 9.59 Å². The first-order valence-electron chi connectivity index (χ1n) is 4.47. The molecule has 16 heavy (non-hydrogen) atoms. The maximum Gasteiger partial charge on any atom is 0.307 e. The van der Waals surface area contributed by atoms with E-state index in [9.17, 15) is 9.59 Å². The predicted octanol–water partition coefficient (Wildman–Crippen LogP) is 0.423.